The van der Waals surface area contributed by atoms with Crippen molar-refractivity contribution in [2.24, 2.45) is 10.9 Å². The fourth-order valence-electron chi connectivity index (χ4n) is 2.16. The van der Waals surface area contributed by atoms with E-state index >= 15 is 0 Å². The fourth-order valence-corrected chi connectivity index (χ4v) is 2.68. The van der Waals surface area contributed by atoms with Gasteiger partial charge < -0.3 is 4.74 Å². The number of Topliss-reactive ketones (excluding diaryl/α,β-unsaturated/α-hetero) is 1. The Kier molecular flexibility index (Phi) is 7.15. The van der Waals surface area contributed by atoms with Crippen LogP contribution in [0.25, 0.3) is 0 Å². The van der Waals surface area contributed by atoms with Crippen molar-refractivity contribution in [3.63, 3.8) is 0 Å². The van der Waals surface area contributed by atoms with Crippen LogP contribution in [0.2, 0.25) is 10.0 Å². The maximum Gasteiger partial charge on any atom is 0.322 e. The van der Waals surface area contributed by atoms with Gasteiger partial charge in [-0.3, -0.25) is 14.6 Å². The first kappa shape index (κ1) is 21.8. The molecule has 28 heavy (non-hydrogen) atoms. The van der Waals surface area contributed by atoms with Gasteiger partial charge in [0.1, 0.15) is 11.6 Å². The zero-order valence-corrected chi connectivity index (χ0v) is 15.6. The van der Waals surface area contributed by atoms with Crippen molar-refractivity contribution in [1.82, 2.24) is 0 Å². The summed E-state index contributed by atoms with van der Waals surface area (Å²) in [5, 5.41) is -1.58. The largest absolute Gasteiger partial charge is 0.465 e. The normalized spacial score (nSPS) is 12.2. The summed E-state index contributed by atoms with van der Waals surface area (Å²) in [5.74, 6) is -8.73. The molecular formula is C18H11Cl2F4NO3. The second kappa shape index (κ2) is 9.16. The highest BCUT2D eigenvalue weighted by Gasteiger charge is 2.33. The van der Waals surface area contributed by atoms with Crippen LogP contribution in [-0.2, 0) is 9.53 Å². The molecule has 2 rings (SSSR count). The van der Waals surface area contributed by atoms with Crippen molar-refractivity contribution in [3.8, 4) is 0 Å². The highest BCUT2D eigenvalue weighted by atomic mass is 35.5. The van der Waals surface area contributed by atoms with Gasteiger partial charge in [0.2, 0.25) is 0 Å². The first-order chi connectivity index (χ1) is 13.2. The van der Waals surface area contributed by atoms with Crippen LogP contribution in [0.4, 0.5) is 23.2 Å². The molecule has 0 saturated heterocycles. The third kappa shape index (κ3) is 4.69. The molecule has 0 heterocycles. The minimum Gasteiger partial charge on any atom is -0.465 e. The van der Waals surface area contributed by atoms with Crippen molar-refractivity contribution in [3.05, 3.63) is 63.1 Å². The zero-order chi connectivity index (χ0) is 21.0. The maximum atomic E-state index is 14.2. The van der Waals surface area contributed by atoms with Gasteiger partial charge in [-0.2, -0.15) is 0 Å². The summed E-state index contributed by atoms with van der Waals surface area (Å²) >= 11 is 11.1. The van der Waals surface area contributed by atoms with Gasteiger partial charge in [0, 0.05) is 12.3 Å². The van der Waals surface area contributed by atoms with E-state index in [-0.39, 0.29) is 6.61 Å². The Morgan fingerprint density at radius 2 is 1.82 bits per heavy atom. The summed E-state index contributed by atoms with van der Waals surface area (Å²) in [7, 11) is 0. The Morgan fingerprint density at radius 3 is 2.43 bits per heavy atom. The second-order valence-corrected chi connectivity index (χ2v) is 6.10. The van der Waals surface area contributed by atoms with Crippen LogP contribution in [0.1, 0.15) is 17.3 Å². The van der Waals surface area contributed by atoms with Crippen LogP contribution in [0.5, 0.6) is 0 Å². The van der Waals surface area contributed by atoms with E-state index < -0.39 is 62.2 Å². The van der Waals surface area contributed by atoms with Gasteiger partial charge >= 0.3 is 5.97 Å². The van der Waals surface area contributed by atoms with Gasteiger partial charge in [0.05, 0.1) is 27.9 Å². The van der Waals surface area contributed by atoms with E-state index in [1.165, 1.54) is 6.92 Å². The minimum atomic E-state index is -1.86. The van der Waals surface area contributed by atoms with Gasteiger partial charge in [0.25, 0.3) is 0 Å². The molecule has 2 aromatic rings. The number of ketones is 1. The van der Waals surface area contributed by atoms with E-state index in [4.69, 9.17) is 27.9 Å². The minimum absolute atomic E-state index is 0.132. The molecular weight excluding hydrogens is 425 g/mol. The number of ether oxygens (including phenoxy) is 1. The maximum absolute atomic E-state index is 14.2. The molecule has 4 nitrogen and oxygen atoms in total. The lowest BCUT2D eigenvalue weighted by molar-refractivity contribution is -0.143. The number of halogens is 6. The lowest BCUT2D eigenvalue weighted by atomic mass is 9.97. The molecule has 0 saturated carbocycles. The molecule has 148 valence electrons. The number of esters is 1. The molecule has 0 aromatic heterocycles. The molecule has 0 spiro atoms. The zero-order valence-electron chi connectivity index (χ0n) is 14.1. The number of rotatable bonds is 6. The molecule has 2 aromatic carbocycles. The Hall–Kier alpha value is -2.45. The Labute approximate surface area is 166 Å². The topological polar surface area (TPSA) is 55.7 Å². The number of benzene rings is 2. The molecule has 0 aliphatic heterocycles. The van der Waals surface area contributed by atoms with Crippen LogP contribution in [0.15, 0.2) is 29.3 Å². The highest BCUT2D eigenvalue weighted by Crippen LogP contribution is 2.31. The number of carbonyl (C=O) groups excluding carboxylic acids is 2. The lowest BCUT2D eigenvalue weighted by Crippen LogP contribution is -2.29. The van der Waals surface area contributed by atoms with Gasteiger partial charge in [-0.15, -0.1) is 0 Å². The molecule has 0 N–H and O–H groups in total. The summed E-state index contributed by atoms with van der Waals surface area (Å²) in [6, 6.07) is 2.93. The van der Waals surface area contributed by atoms with Crippen molar-refractivity contribution < 1.29 is 31.9 Å². The predicted octanol–water partition coefficient (Wildman–Crippen LogP) is 5.31. The molecule has 0 amide bonds. The summed E-state index contributed by atoms with van der Waals surface area (Å²) in [5.41, 5.74) is -1.33. The molecule has 10 heteroatoms. The highest BCUT2D eigenvalue weighted by molar-refractivity contribution is 6.38. The fraction of sp³-hybridized carbons (Fsp3) is 0.167. The summed E-state index contributed by atoms with van der Waals surface area (Å²) in [6.45, 7) is 1.32. The van der Waals surface area contributed by atoms with Crippen LogP contribution >= 0.6 is 23.2 Å². The predicted molar refractivity (Wildman–Crippen MR) is 95.3 cm³/mol. The third-order valence-electron chi connectivity index (χ3n) is 3.46. The number of nitrogens with zero attached hydrogens (tertiary/aromatic N) is 1. The van der Waals surface area contributed by atoms with Gasteiger partial charge in [-0.1, -0.05) is 23.2 Å². The summed E-state index contributed by atoms with van der Waals surface area (Å²) in [6.07, 6.45) is 0.679. The molecule has 1 unspecified atom stereocenters. The molecule has 0 radical (unpaired) electrons. The average Bonchev–Trinajstić information content (AvgIpc) is 2.62. The van der Waals surface area contributed by atoms with Crippen LogP contribution in [0.3, 0.4) is 0 Å². The van der Waals surface area contributed by atoms with Gasteiger partial charge in [-0.05, 0) is 25.1 Å². The monoisotopic (exact) mass is 435 g/mol. The van der Waals surface area contributed by atoms with Gasteiger partial charge in [-0.25, -0.2) is 17.6 Å². The molecule has 0 aliphatic rings. The van der Waals surface area contributed by atoms with Crippen molar-refractivity contribution in [2.45, 2.75) is 6.92 Å². The van der Waals surface area contributed by atoms with E-state index in [0.717, 1.165) is 12.1 Å². The van der Waals surface area contributed by atoms with Crippen molar-refractivity contribution in [1.29, 1.82) is 0 Å². The second-order valence-electron chi connectivity index (χ2n) is 5.31. The van der Waals surface area contributed by atoms with Crippen LogP contribution in [-0.4, -0.2) is 24.6 Å². The van der Waals surface area contributed by atoms with E-state index in [2.05, 4.69) is 4.99 Å². The van der Waals surface area contributed by atoms with E-state index in [1.807, 2.05) is 0 Å². The van der Waals surface area contributed by atoms with Gasteiger partial charge in [0.15, 0.2) is 23.3 Å². The number of carbonyl (C=O) groups is 2. The van der Waals surface area contributed by atoms with E-state index in [9.17, 15) is 27.2 Å². The average molecular weight is 436 g/mol. The third-order valence-corrected chi connectivity index (χ3v) is 4.09. The Balaban J connectivity index is 2.49. The SMILES string of the molecule is CCOC(=O)C(C=Nc1ccc(F)cc1F)C(=O)c1c(F)cc(Cl)c(F)c1Cl. The molecule has 1 atom stereocenters. The summed E-state index contributed by atoms with van der Waals surface area (Å²) in [4.78, 5) is 28.4. The number of hydrogen-bond acceptors (Lipinski definition) is 4. The van der Waals surface area contributed by atoms with Crippen molar-refractivity contribution >= 4 is 46.9 Å². The van der Waals surface area contributed by atoms with Crippen LogP contribution < -0.4 is 0 Å². The standard InChI is InChI=1S/C18H11Cl2F4NO3/c1-2-28-18(27)9(7-25-13-4-3-8(21)5-11(13)22)17(26)14-12(23)6-10(19)16(24)15(14)20/h3-7,9H,2H2,1H3. The Bertz CT molecular complexity index is 966. The Morgan fingerprint density at radius 1 is 1.14 bits per heavy atom. The number of aliphatic imine (C=N–C) groups is 1. The molecule has 0 aliphatic carbocycles. The smallest absolute Gasteiger partial charge is 0.322 e. The van der Waals surface area contributed by atoms with Crippen molar-refractivity contribution in [2.75, 3.05) is 6.61 Å². The summed E-state index contributed by atoms with van der Waals surface area (Å²) < 4.78 is 59.4. The number of hydrogen-bond donors (Lipinski definition) is 0. The van der Waals surface area contributed by atoms with Crippen LogP contribution in [0, 0.1) is 29.2 Å². The molecule has 0 fully saturated rings. The first-order valence-electron chi connectivity index (χ1n) is 7.70. The van der Waals surface area contributed by atoms with E-state index in [1.54, 1.807) is 0 Å². The lowest BCUT2D eigenvalue weighted by Gasteiger charge is -2.13. The molecule has 0 bridgehead atoms. The van der Waals surface area contributed by atoms with E-state index in [0.29, 0.717) is 18.3 Å². The first-order valence-corrected chi connectivity index (χ1v) is 8.46. The quantitative estimate of drug-likeness (QED) is 0.117.